The van der Waals surface area contributed by atoms with Crippen molar-refractivity contribution in [2.45, 2.75) is 53.2 Å². The second-order valence-electron chi connectivity index (χ2n) is 5.78. The number of rotatable bonds is 1. The molecule has 0 N–H and O–H groups in total. The monoisotopic (exact) mass is 213 g/mol. The van der Waals surface area contributed by atoms with Gasteiger partial charge in [0.1, 0.15) is 0 Å². The summed E-state index contributed by atoms with van der Waals surface area (Å²) in [5.41, 5.74) is 0.0678. The van der Waals surface area contributed by atoms with Crippen molar-refractivity contribution in [3.05, 3.63) is 0 Å². The maximum absolute atomic E-state index is 12.0. The molecule has 1 rings (SSSR count). The number of morpholine rings is 1. The Morgan fingerprint density at radius 3 is 2.53 bits per heavy atom. The summed E-state index contributed by atoms with van der Waals surface area (Å²) < 4.78 is 5.51. The highest BCUT2D eigenvalue weighted by Crippen LogP contribution is 2.22. The average Bonchev–Trinajstić information content (AvgIpc) is 2.06. The number of hydrogen-bond acceptors (Lipinski definition) is 2. The van der Waals surface area contributed by atoms with Gasteiger partial charge in [-0.1, -0.05) is 20.8 Å². The molecule has 88 valence electrons. The van der Waals surface area contributed by atoms with E-state index in [9.17, 15) is 4.79 Å². The van der Waals surface area contributed by atoms with E-state index < -0.39 is 0 Å². The van der Waals surface area contributed by atoms with Crippen molar-refractivity contribution in [1.82, 2.24) is 4.90 Å². The zero-order chi connectivity index (χ0) is 11.6. The van der Waals surface area contributed by atoms with Gasteiger partial charge in [0, 0.05) is 13.0 Å². The number of carbonyl (C=O) groups is 1. The third kappa shape index (κ3) is 3.82. The van der Waals surface area contributed by atoms with Crippen molar-refractivity contribution >= 4 is 5.91 Å². The number of nitrogens with zero attached hydrogens (tertiary/aromatic N) is 1. The fourth-order valence-corrected chi connectivity index (χ4v) is 1.81. The van der Waals surface area contributed by atoms with Gasteiger partial charge in [-0.05, 0) is 19.3 Å². The lowest BCUT2D eigenvalue weighted by Gasteiger charge is -2.38. The van der Waals surface area contributed by atoms with Crippen LogP contribution in [0.4, 0.5) is 0 Å². The summed E-state index contributed by atoms with van der Waals surface area (Å²) in [7, 11) is 0. The predicted molar refractivity (Wildman–Crippen MR) is 60.7 cm³/mol. The van der Waals surface area contributed by atoms with Crippen LogP contribution in [0.5, 0.6) is 0 Å². The van der Waals surface area contributed by atoms with E-state index in [0.717, 1.165) is 6.54 Å². The normalized spacial score (nSPS) is 27.9. The maximum atomic E-state index is 12.0. The molecule has 0 spiro atoms. The van der Waals surface area contributed by atoms with Gasteiger partial charge >= 0.3 is 0 Å². The minimum absolute atomic E-state index is 0.0678. The summed E-state index contributed by atoms with van der Waals surface area (Å²) in [5, 5.41) is 0. The Bertz CT molecular complexity index is 232. The Labute approximate surface area is 92.8 Å². The number of ether oxygens (including phenoxy) is 1. The van der Waals surface area contributed by atoms with Gasteiger partial charge in [-0.25, -0.2) is 0 Å². The third-order valence-electron chi connectivity index (χ3n) is 2.61. The van der Waals surface area contributed by atoms with Crippen LogP contribution in [0.1, 0.15) is 41.0 Å². The first-order chi connectivity index (χ1) is 6.79. The summed E-state index contributed by atoms with van der Waals surface area (Å²) in [6, 6.07) is 0.219. The highest BCUT2D eigenvalue weighted by atomic mass is 16.5. The van der Waals surface area contributed by atoms with E-state index in [1.165, 1.54) is 0 Å². The van der Waals surface area contributed by atoms with Crippen LogP contribution < -0.4 is 0 Å². The molecule has 2 atom stereocenters. The molecule has 0 aromatic rings. The van der Waals surface area contributed by atoms with E-state index in [4.69, 9.17) is 4.74 Å². The standard InChI is InChI=1S/C12H23NO2/c1-9-8-15-10(2)7-13(9)11(14)6-12(3,4)5/h9-10H,6-8H2,1-5H3. The van der Waals surface area contributed by atoms with Crippen LogP contribution in [-0.4, -0.2) is 36.1 Å². The summed E-state index contributed by atoms with van der Waals surface area (Å²) in [6.45, 7) is 11.8. The van der Waals surface area contributed by atoms with Crippen molar-refractivity contribution in [1.29, 1.82) is 0 Å². The van der Waals surface area contributed by atoms with Gasteiger partial charge in [0.2, 0.25) is 5.91 Å². The minimum atomic E-state index is 0.0678. The number of carbonyl (C=O) groups excluding carboxylic acids is 1. The Morgan fingerprint density at radius 1 is 1.40 bits per heavy atom. The summed E-state index contributed by atoms with van der Waals surface area (Å²) in [5.74, 6) is 0.255. The van der Waals surface area contributed by atoms with E-state index in [2.05, 4.69) is 20.8 Å². The quantitative estimate of drug-likeness (QED) is 0.667. The van der Waals surface area contributed by atoms with E-state index in [-0.39, 0.29) is 23.5 Å². The fourth-order valence-electron chi connectivity index (χ4n) is 1.81. The Balaban J connectivity index is 2.57. The average molecular weight is 213 g/mol. The van der Waals surface area contributed by atoms with Gasteiger partial charge in [-0.15, -0.1) is 0 Å². The van der Waals surface area contributed by atoms with Crippen molar-refractivity contribution in [2.24, 2.45) is 5.41 Å². The Morgan fingerprint density at radius 2 is 2.00 bits per heavy atom. The highest BCUT2D eigenvalue weighted by molar-refractivity contribution is 5.77. The molecule has 1 aliphatic heterocycles. The predicted octanol–water partition coefficient (Wildman–Crippen LogP) is 2.06. The molecule has 0 aromatic heterocycles. The van der Waals surface area contributed by atoms with Gasteiger partial charge in [-0.3, -0.25) is 4.79 Å². The zero-order valence-electron chi connectivity index (χ0n) is 10.5. The van der Waals surface area contributed by atoms with E-state index in [1.54, 1.807) is 0 Å². The van der Waals surface area contributed by atoms with Crippen LogP contribution in [0, 0.1) is 5.41 Å². The molecular formula is C12H23NO2. The van der Waals surface area contributed by atoms with Crippen LogP contribution in [-0.2, 0) is 9.53 Å². The topological polar surface area (TPSA) is 29.5 Å². The molecule has 15 heavy (non-hydrogen) atoms. The largest absolute Gasteiger partial charge is 0.375 e. The lowest BCUT2D eigenvalue weighted by atomic mass is 9.91. The molecule has 1 amide bonds. The fraction of sp³-hybridized carbons (Fsp3) is 0.917. The second kappa shape index (κ2) is 4.52. The molecule has 3 heteroatoms. The summed E-state index contributed by atoms with van der Waals surface area (Å²) >= 11 is 0. The summed E-state index contributed by atoms with van der Waals surface area (Å²) in [6.07, 6.45) is 0.787. The van der Waals surface area contributed by atoms with Crippen LogP contribution in [0.25, 0.3) is 0 Å². The Hall–Kier alpha value is -0.570. The van der Waals surface area contributed by atoms with E-state index in [0.29, 0.717) is 13.0 Å². The first-order valence-electron chi connectivity index (χ1n) is 5.70. The lowest BCUT2D eigenvalue weighted by molar-refractivity contribution is -0.145. The second-order valence-corrected chi connectivity index (χ2v) is 5.78. The minimum Gasteiger partial charge on any atom is -0.375 e. The molecule has 0 aliphatic carbocycles. The molecule has 0 radical (unpaired) electrons. The van der Waals surface area contributed by atoms with Gasteiger partial charge in [-0.2, -0.15) is 0 Å². The van der Waals surface area contributed by atoms with Crippen LogP contribution >= 0.6 is 0 Å². The molecule has 1 fully saturated rings. The summed E-state index contributed by atoms with van der Waals surface area (Å²) in [4.78, 5) is 14.0. The smallest absolute Gasteiger partial charge is 0.223 e. The molecule has 1 heterocycles. The van der Waals surface area contributed by atoms with Crippen molar-refractivity contribution < 1.29 is 9.53 Å². The number of hydrogen-bond donors (Lipinski definition) is 0. The van der Waals surface area contributed by atoms with Crippen molar-refractivity contribution in [3.8, 4) is 0 Å². The molecule has 2 unspecified atom stereocenters. The van der Waals surface area contributed by atoms with Gasteiger partial charge in [0.25, 0.3) is 0 Å². The van der Waals surface area contributed by atoms with Crippen LogP contribution in [0.3, 0.4) is 0 Å². The first kappa shape index (κ1) is 12.5. The maximum Gasteiger partial charge on any atom is 0.223 e. The molecule has 0 bridgehead atoms. The van der Waals surface area contributed by atoms with E-state index >= 15 is 0 Å². The highest BCUT2D eigenvalue weighted by Gasteiger charge is 2.29. The van der Waals surface area contributed by atoms with Gasteiger partial charge < -0.3 is 9.64 Å². The lowest BCUT2D eigenvalue weighted by Crippen LogP contribution is -2.50. The molecular weight excluding hydrogens is 190 g/mol. The van der Waals surface area contributed by atoms with Crippen LogP contribution in [0.15, 0.2) is 0 Å². The number of amides is 1. The van der Waals surface area contributed by atoms with Crippen molar-refractivity contribution in [3.63, 3.8) is 0 Å². The molecule has 1 aliphatic rings. The van der Waals surface area contributed by atoms with Gasteiger partial charge in [0.15, 0.2) is 0 Å². The van der Waals surface area contributed by atoms with Crippen molar-refractivity contribution in [2.75, 3.05) is 13.2 Å². The SMILES string of the molecule is CC1CN(C(=O)CC(C)(C)C)C(C)CO1. The zero-order valence-corrected chi connectivity index (χ0v) is 10.5. The third-order valence-corrected chi connectivity index (χ3v) is 2.61. The molecule has 0 aromatic carbocycles. The van der Waals surface area contributed by atoms with Crippen LogP contribution in [0.2, 0.25) is 0 Å². The van der Waals surface area contributed by atoms with E-state index in [1.807, 2.05) is 18.7 Å². The first-order valence-corrected chi connectivity index (χ1v) is 5.70. The molecule has 0 saturated carbocycles. The van der Waals surface area contributed by atoms with Gasteiger partial charge in [0.05, 0.1) is 18.8 Å². The molecule has 1 saturated heterocycles. The Kier molecular flexibility index (Phi) is 3.77. The molecule has 3 nitrogen and oxygen atoms in total.